The van der Waals surface area contributed by atoms with Crippen LogP contribution < -0.4 is 14.8 Å². The third kappa shape index (κ3) is 4.05. The van der Waals surface area contributed by atoms with Crippen molar-refractivity contribution in [2.45, 2.75) is 39.2 Å². The summed E-state index contributed by atoms with van der Waals surface area (Å²) in [6, 6.07) is 0.869. The first-order valence-electron chi connectivity index (χ1n) is 5.84. The first-order chi connectivity index (χ1) is 8.23. The highest BCUT2D eigenvalue weighted by molar-refractivity contribution is 5.28. The minimum absolute atomic E-state index is 0.255. The molecule has 0 saturated carbocycles. The fourth-order valence-electron chi connectivity index (χ4n) is 1.49. The molecule has 96 valence electrons. The fourth-order valence-corrected chi connectivity index (χ4v) is 1.49. The molecule has 6 heteroatoms. The van der Waals surface area contributed by atoms with E-state index in [1.807, 2.05) is 0 Å². The molecule has 0 bridgehead atoms. The Morgan fingerprint density at radius 1 is 1.06 bits per heavy atom. The minimum Gasteiger partial charge on any atom is -0.467 e. The molecule has 0 amide bonds. The number of rotatable bonds is 7. The summed E-state index contributed by atoms with van der Waals surface area (Å²) in [5.41, 5.74) is 0. The molecule has 1 aromatic heterocycles. The third-order valence-electron chi connectivity index (χ3n) is 2.42. The number of ether oxygens (including phenoxy) is 2. The molecule has 1 heterocycles. The van der Waals surface area contributed by atoms with Crippen LogP contribution in [0.3, 0.4) is 0 Å². The van der Waals surface area contributed by atoms with Crippen molar-refractivity contribution in [3.05, 3.63) is 0 Å². The van der Waals surface area contributed by atoms with E-state index in [1.54, 1.807) is 0 Å². The average Bonchev–Trinajstić information content (AvgIpc) is 2.37. The third-order valence-corrected chi connectivity index (χ3v) is 2.42. The predicted molar refractivity (Wildman–Crippen MR) is 65.5 cm³/mol. The fraction of sp³-hybridized carbons (Fsp3) is 0.727. The molecule has 17 heavy (non-hydrogen) atoms. The molecule has 1 atom stereocenters. The van der Waals surface area contributed by atoms with Gasteiger partial charge in [-0.05, 0) is 12.8 Å². The summed E-state index contributed by atoms with van der Waals surface area (Å²) >= 11 is 0. The zero-order valence-corrected chi connectivity index (χ0v) is 10.9. The van der Waals surface area contributed by atoms with Gasteiger partial charge in [-0.1, -0.05) is 20.3 Å². The molecule has 0 radical (unpaired) electrons. The van der Waals surface area contributed by atoms with Gasteiger partial charge in [0.1, 0.15) is 0 Å². The molecule has 0 aliphatic rings. The summed E-state index contributed by atoms with van der Waals surface area (Å²) in [5, 5.41) is 3.26. The SMILES string of the molecule is CCCC(CC)Nc1nc(OC)nc(OC)n1. The van der Waals surface area contributed by atoms with Crippen LogP contribution in [0.2, 0.25) is 0 Å². The maximum absolute atomic E-state index is 4.99. The summed E-state index contributed by atoms with van der Waals surface area (Å²) < 4.78 is 9.98. The van der Waals surface area contributed by atoms with Gasteiger partial charge in [-0.25, -0.2) is 0 Å². The van der Waals surface area contributed by atoms with Gasteiger partial charge in [-0.2, -0.15) is 9.97 Å². The summed E-state index contributed by atoms with van der Waals surface area (Å²) in [7, 11) is 3.03. The van der Waals surface area contributed by atoms with Crippen LogP contribution in [-0.2, 0) is 0 Å². The normalized spacial score (nSPS) is 12.0. The molecule has 1 rings (SSSR count). The van der Waals surface area contributed by atoms with Crippen LogP contribution in [-0.4, -0.2) is 35.2 Å². The van der Waals surface area contributed by atoms with E-state index < -0.39 is 0 Å². The van der Waals surface area contributed by atoms with Crippen molar-refractivity contribution in [2.24, 2.45) is 0 Å². The second-order valence-corrected chi connectivity index (χ2v) is 3.67. The lowest BCUT2D eigenvalue weighted by Gasteiger charge is -2.16. The van der Waals surface area contributed by atoms with Crippen molar-refractivity contribution in [3.63, 3.8) is 0 Å². The van der Waals surface area contributed by atoms with Crippen LogP contribution in [0.25, 0.3) is 0 Å². The molecule has 0 aliphatic heterocycles. The van der Waals surface area contributed by atoms with Crippen LogP contribution in [0.5, 0.6) is 12.0 Å². The number of methoxy groups -OCH3 is 2. The van der Waals surface area contributed by atoms with E-state index in [-0.39, 0.29) is 12.0 Å². The Labute approximate surface area is 102 Å². The van der Waals surface area contributed by atoms with Gasteiger partial charge in [0.05, 0.1) is 14.2 Å². The van der Waals surface area contributed by atoms with Gasteiger partial charge in [0, 0.05) is 6.04 Å². The Balaban J connectivity index is 2.81. The molecule has 0 aromatic carbocycles. The standard InChI is InChI=1S/C11H20N4O2/c1-5-7-8(6-2)12-9-13-10(16-3)15-11(14-9)17-4/h8H,5-7H2,1-4H3,(H,12,13,14,15). The number of hydrogen-bond acceptors (Lipinski definition) is 6. The monoisotopic (exact) mass is 240 g/mol. The average molecular weight is 240 g/mol. The number of nitrogens with one attached hydrogen (secondary N) is 1. The Kier molecular flexibility index (Phi) is 5.45. The van der Waals surface area contributed by atoms with Crippen molar-refractivity contribution in [2.75, 3.05) is 19.5 Å². The van der Waals surface area contributed by atoms with E-state index in [2.05, 4.69) is 34.1 Å². The molecule has 0 fully saturated rings. The zero-order valence-electron chi connectivity index (χ0n) is 10.9. The van der Waals surface area contributed by atoms with Crippen molar-refractivity contribution >= 4 is 5.95 Å². The van der Waals surface area contributed by atoms with Crippen LogP contribution in [0, 0.1) is 0 Å². The molecular formula is C11H20N4O2. The summed E-state index contributed by atoms with van der Waals surface area (Å²) in [5.74, 6) is 0.494. The summed E-state index contributed by atoms with van der Waals surface area (Å²) in [6.07, 6.45) is 3.21. The highest BCUT2D eigenvalue weighted by Crippen LogP contribution is 2.14. The smallest absolute Gasteiger partial charge is 0.324 e. The van der Waals surface area contributed by atoms with Crippen molar-refractivity contribution in [1.29, 1.82) is 0 Å². The van der Waals surface area contributed by atoms with Crippen molar-refractivity contribution in [3.8, 4) is 12.0 Å². The summed E-state index contributed by atoms with van der Waals surface area (Å²) in [6.45, 7) is 4.28. The molecule has 6 nitrogen and oxygen atoms in total. The number of nitrogens with zero attached hydrogens (tertiary/aromatic N) is 3. The molecule has 1 aromatic rings. The maximum Gasteiger partial charge on any atom is 0.324 e. The van der Waals surface area contributed by atoms with Gasteiger partial charge in [-0.3, -0.25) is 0 Å². The largest absolute Gasteiger partial charge is 0.467 e. The second-order valence-electron chi connectivity index (χ2n) is 3.67. The zero-order chi connectivity index (χ0) is 12.7. The lowest BCUT2D eigenvalue weighted by Crippen LogP contribution is -2.20. The predicted octanol–water partition coefficient (Wildman–Crippen LogP) is 1.88. The van der Waals surface area contributed by atoms with Gasteiger partial charge in [0.2, 0.25) is 5.95 Å². The molecule has 1 unspecified atom stereocenters. The Morgan fingerprint density at radius 3 is 2.06 bits per heavy atom. The highest BCUT2D eigenvalue weighted by atomic mass is 16.5. The van der Waals surface area contributed by atoms with E-state index in [1.165, 1.54) is 14.2 Å². The Bertz CT molecular complexity index is 324. The molecule has 1 N–H and O–H groups in total. The van der Waals surface area contributed by atoms with E-state index >= 15 is 0 Å². The van der Waals surface area contributed by atoms with Gasteiger partial charge >= 0.3 is 12.0 Å². The number of hydrogen-bond donors (Lipinski definition) is 1. The number of aromatic nitrogens is 3. The van der Waals surface area contributed by atoms with Gasteiger partial charge < -0.3 is 14.8 Å². The van der Waals surface area contributed by atoms with E-state index in [4.69, 9.17) is 9.47 Å². The lowest BCUT2D eigenvalue weighted by molar-refractivity contribution is 0.340. The van der Waals surface area contributed by atoms with Gasteiger partial charge in [-0.15, -0.1) is 4.98 Å². The van der Waals surface area contributed by atoms with E-state index in [0.29, 0.717) is 12.0 Å². The molecule has 0 saturated heterocycles. The highest BCUT2D eigenvalue weighted by Gasteiger charge is 2.10. The number of anilines is 1. The topological polar surface area (TPSA) is 69.2 Å². The first kappa shape index (κ1) is 13.5. The second kappa shape index (κ2) is 6.88. The van der Waals surface area contributed by atoms with Crippen molar-refractivity contribution < 1.29 is 9.47 Å². The van der Waals surface area contributed by atoms with Crippen molar-refractivity contribution in [1.82, 2.24) is 15.0 Å². The minimum atomic E-state index is 0.255. The lowest BCUT2D eigenvalue weighted by atomic mass is 10.1. The summed E-state index contributed by atoms with van der Waals surface area (Å²) in [4.78, 5) is 12.2. The first-order valence-corrected chi connectivity index (χ1v) is 5.84. The van der Waals surface area contributed by atoms with Crippen LogP contribution in [0.1, 0.15) is 33.1 Å². The Morgan fingerprint density at radius 2 is 1.65 bits per heavy atom. The van der Waals surface area contributed by atoms with E-state index in [0.717, 1.165) is 19.3 Å². The molecule has 0 aliphatic carbocycles. The van der Waals surface area contributed by atoms with E-state index in [9.17, 15) is 0 Å². The van der Waals surface area contributed by atoms with Crippen LogP contribution in [0.15, 0.2) is 0 Å². The maximum atomic E-state index is 4.99. The molecular weight excluding hydrogens is 220 g/mol. The van der Waals surface area contributed by atoms with Crippen LogP contribution in [0.4, 0.5) is 5.95 Å². The van der Waals surface area contributed by atoms with Gasteiger partial charge in [0.15, 0.2) is 0 Å². The van der Waals surface area contributed by atoms with Crippen LogP contribution >= 0.6 is 0 Å². The Hall–Kier alpha value is -1.59. The van der Waals surface area contributed by atoms with Gasteiger partial charge in [0.25, 0.3) is 0 Å². The molecule has 0 spiro atoms. The quantitative estimate of drug-likeness (QED) is 0.784.